The standard InChI is InChI=1S/C17H11FOS/c18-10-5-6-11-14-7-8-20-17(14)13-4-2-1-3-12(13)16(19)15(11)9-10/h1-9,16,19H. The lowest BCUT2D eigenvalue weighted by atomic mass is 9.96. The molecule has 1 N–H and O–H groups in total. The highest BCUT2D eigenvalue weighted by molar-refractivity contribution is 7.14. The fourth-order valence-corrected chi connectivity index (χ4v) is 3.80. The van der Waals surface area contributed by atoms with Crippen LogP contribution in [0.25, 0.3) is 21.6 Å². The zero-order valence-electron chi connectivity index (χ0n) is 10.5. The van der Waals surface area contributed by atoms with Crippen LogP contribution in [0.1, 0.15) is 17.2 Å². The first kappa shape index (κ1) is 11.8. The largest absolute Gasteiger partial charge is 0.384 e. The topological polar surface area (TPSA) is 20.2 Å². The highest BCUT2D eigenvalue weighted by Gasteiger charge is 2.26. The molecule has 0 saturated heterocycles. The van der Waals surface area contributed by atoms with Crippen LogP contribution < -0.4 is 0 Å². The third kappa shape index (κ3) is 1.57. The van der Waals surface area contributed by atoms with Crippen molar-refractivity contribution in [3.8, 4) is 21.6 Å². The predicted octanol–water partition coefficient (Wildman–Crippen LogP) is 4.62. The molecule has 3 heteroatoms. The van der Waals surface area contributed by atoms with Gasteiger partial charge in [-0.25, -0.2) is 4.39 Å². The maximum Gasteiger partial charge on any atom is 0.123 e. The van der Waals surface area contributed by atoms with E-state index < -0.39 is 6.10 Å². The molecule has 1 heterocycles. The monoisotopic (exact) mass is 282 g/mol. The first-order valence-corrected chi connectivity index (χ1v) is 7.28. The van der Waals surface area contributed by atoms with E-state index in [9.17, 15) is 9.50 Å². The van der Waals surface area contributed by atoms with E-state index in [2.05, 4.69) is 0 Å². The van der Waals surface area contributed by atoms with E-state index in [1.165, 1.54) is 12.1 Å². The van der Waals surface area contributed by atoms with Gasteiger partial charge in [0.05, 0.1) is 0 Å². The van der Waals surface area contributed by atoms with Gasteiger partial charge in [-0.1, -0.05) is 30.3 Å². The molecule has 2 aromatic carbocycles. The van der Waals surface area contributed by atoms with Crippen molar-refractivity contribution in [1.82, 2.24) is 0 Å². The Labute approximate surface area is 120 Å². The zero-order chi connectivity index (χ0) is 13.7. The third-order valence-corrected chi connectivity index (χ3v) is 4.71. The second-order valence-corrected chi connectivity index (χ2v) is 5.80. The van der Waals surface area contributed by atoms with Crippen molar-refractivity contribution >= 4 is 11.3 Å². The molecule has 20 heavy (non-hydrogen) atoms. The van der Waals surface area contributed by atoms with E-state index >= 15 is 0 Å². The zero-order valence-corrected chi connectivity index (χ0v) is 11.3. The molecule has 0 fully saturated rings. The predicted molar refractivity (Wildman–Crippen MR) is 79.2 cm³/mol. The van der Waals surface area contributed by atoms with Crippen LogP contribution >= 0.6 is 11.3 Å². The fraction of sp³-hybridized carbons (Fsp3) is 0.0588. The quantitative estimate of drug-likeness (QED) is 0.638. The summed E-state index contributed by atoms with van der Waals surface area (Å²) in [5, 5.41) is 12.7. The Hall–Kier alpha value is -1.97. The Kier molecular flexibility index (Phi) is 2.52. The SMILES string of the molecule is OC1c2cc(F)ccc2-c2ccsc2-c2ccccc21. The van der Waals surface area contributed by atoms with Crippen LogP contribution in [-0.2, 0) is 0 Å². The second kappa shape index (κ2) is 4.27. The van der Waals surface area contributed by atoms with Gasteiger partial charge in [0.1, 0.15) is 11.9 Å². The van der Waals surface area contributed by atoms with Gasteiger partial charge in [-0.2, -0.15) is 0 Å². The minimum Gasteiger partial charge on any atom is -0.384 e. The minimum absolute atomic E-state index is 0.320. The molecule has 1 unspecified atom stereocenters. The van der Waals surface area contributed by atoms with Gasteiger partial charge >= 0.3 is 0 Å². The normalized spacial score (nSPS) is 16.0. The Morgan fingerprint density at radius 1 is 0.900 bits per heavy atom. The number of halogens is 1. The number of benzene rings is 2. The summed E-state index contributed by atoms with van der Waals surface area (Å²) in [6.45, 7) is 0. The van der Waals surface area contributed by atoms with Crippen LogP contribution in [0.2, 0.25) is 0 Å². The molecule has 0 aliphatic heterocycles. The van der Waals surface area contributed by atoms with Crippen LogP contribution in [0.3, 0.4) is 0 Å². The van der Waals surface area contributed by atoms with Crippen molar-refractivity contribution < 1.29 is 9.50 Å². The molecule has 0 radical (unpaired) electrons. The van der Waals surface area contributed by atoms with Crippen LogP contribution in [0.15, 0.2) is 53.9 Å². The smallest absolute Gasteiger partial charge is 0.123 e. The summed E-state index contributed by atoms with van der Waals surface area (Å²) in [4.78, 5) is 1.13. The van der Waals surface area contributed by atoms with Gasteiger partial charge in [0.25, 0.3) is 0 Å². The van der Waals surface area contributed by atoms with Gasteiger partial charge in [-0.05, 0) is 45.8 Å². The van der Waals surface area contributed by atoms with Crippen LogP contribution in [0.4, 0.5) is 4.39 Å². The van der Waals surface area contributed by atoms with E-state index in [0.29, 0.717) is 5.56 Å². The Balaban J connectivity index is 2.14. The molecule has 1 aliphatic carbocycles. The van der Waals surface area contributed by atoms with Crippen molar-refractivity contribution in [2.75, 3.05) is 0 Å². The van der Waals surface area contributed by atoms with E-state index in [1.807, 2.05) is 35.7 Å². The molecule has 98 valence electrons. The molecule has 1 aliphatic rings. The van der Waals surface area contributed by atoms with Crippen LogP contribution in [0, 0.1) is 5.82 Å². The lowest BCUT2D eigenvalue weighted by molar-refractivity contribution is 0.221. The molecule has 1 aromatic heterocycles. The number of hydrogen-bond acceptors (Lipinski definition) is 2. The van der Waals surface area contributed by atoms with Gasteiger partial charge in [-0.3, -0.25) is 0 Å². The lowest BCUT2D eigenvalue weighted by Gasteiger charge is -2.14. The average molecular weight is 282 g/mol. The third-order valence-electron chi connectivity index (χ3n) is 3.76. The summed E-state index contributed by atoms with van der Waals surface area (Å²) >= 11 is 1.65. The highest BCUT2D eigenvalue weighted by atomic mass is 32.1. The maximum atomic E-state index is 13.6. The number of fused-ring (bicyclic) bond motifs is 5. The van der Waals surface area contributed by atoms with Crippen molar-refractivity contribution in [1.29, 1.82) is 0 Å². The summed E-state index contributed by atoms with van der Waals surface area (Å²) in [6.07, 6.45) is -0.795. The Morgan fingerprint density at radius 3 is 2.65 bits per heavy atom. The average Bonchev–Trinajstić information content (AvgIpc) is 2.92. The van der Waals surface area contributed by atoms with Gasteiger partial charge in [0, 0.05) is 10.4 Å². The first-order valence-electron chi connectivity index (χ1n) is 6.40. The summed E-state index contributed by atoms with van der Waals surface area (Å²) in [5.41, 5.74) is 4.47. The number of thiophene rings is 1. The summed E-state index contributed by atoms with van der Waals surface area (Å²) in [6, 6.07) is 14.5. The molecule has 1 atom stereocenters. The fourth-order valence-electron chi connectivity index (χ4n) is 2.84. The lowest BCUT2D eigenvalue weighted by Crippen LogP contribution is -2.01. The second-order valence-electron chi connectivity index (χ2n) is 4.88. The van der Waals surface area contributed by atoms with Crippen molar-refractivity contribution in [3.05, 3.63) is 70.9 Å². The minimum atomic E-state index is -0.795. The number of hydrogen-bond donors (Lipinski definition) is 1. The Morgan fingerprint density at radius 2 is 1.75 bits per heavy atom. The van der Waals surface area contributed by atoms with Crippen molar-refractivity contribution in [2.24, 2.45) is 0 Å². The van der Waals surface area contributed by atoms with Gasteiger partial charge in [0.2, 0.25) is 0 Å². The molecule has 0 amide bonds. The first-order chi connectivity index (χ1) is 9.75. The van der Waals surface area contributed by atoms with Gasteiger partial charge in [-0.15, -0.1) is 11.3 Å². The highest BCUT2D eigenvalue weighted by Crippen LogP contribution is 2.47. The van der Waals surface area contributed by atoms with Gasteiger partial charge < -0.3 is 5.11 Å². The van der Waals surface area contributed by atoms with Crippen LogP contribution in [0.5, 0.6) is 0 Å². The molecule has 0 bridgehead atoms. The summed E-state index contributed by atoms with van der Waals surface area (Å²) in [5.74, 6) is -0.320. The molecule has 0 spiro atoms. The molecule has 1 nitrogen and oxygen atoms in total. The molecular weight excluding hydrogens is 271 g/mol. The maximum absolute atomic E-state index is 13.6. The number of rotatable bonds is 0. The van der Waals surface area contributed by atoms with Crippen molar-refractivity contribution in [2.45, 2.75) is 6.10 Å². The number of aliphatic hydroxyl groups excluding tert-OH is 1. The Bertz CT molecular complexity index is 806. The van der Waals surface area contributed by atoms with E-state index in [-0.39, 0.29) is 5.82 Å². The van der Waals surface area contributed by atoms with Crippen molar-refractivity contribution in [3.63, 3.8) is 0 Å². The summed E-state index contributed by atoms with van der Waals surface area (Å²) in [7, 11) is 0. The van der Waals surface area contributed by atoms with E-state index in [0.717, 1.165) is 27.1 Å². The van der Waals surface area contributed by atoms with Crippen LogP contribution in [-0.4, -0.2) is 5.11 Å². The number of aliphatic hydroxyl groups is 1. The molecule has 3 aromatic rings. The van der Waals surface area contributed by atoms with E-state index in [4.69, 9.17) is 0 Å². The molecular formula is C17H11FOS. The molecule has 0 saturated carbocycles. The van der Waals surface area contributed by atoms with E-state index in [1.54, 1.807) is 17.4 Å². The molecule has 4 rings (SSSR count). The summed E-state index contributed by atoms with van der Waals surface area (Å²) < 4.78 is 13.6. The van der Waals surface area contributed by atoms with Gasteiger partial charge in [0.15, 0.2) is 0 Å².